The fourth-order valence-electron chi connectivity index (χ4n) is 2.46. The molecule has 0 aliphatic carbocycles. The number of para-hydroxylation sites is 1. The van der Waals surface area contributed by atoms with Gasteiger partial charge in [-0.15, -0.1) is 0 Å². The van der Waals surface area contributed by atoms with Gasteiger partial charge >= 0.3 is 6.18 Å². The van der Waals surface area contributed by atoms with Crippen molar-refractivity contribution in [2.24, 2.45) is 0 Å². The number of anilines is 1. The van der Waals surface area contributed by atoms with Crippen molar-refractivity contribution in [3.63, 3.8) is 0 Å². The lowest BCUT2D eigenvalue weighted by atomic mass is 10.0. The van der Waals surface area contributed by atoms with Gasteiger partial charge in [0.25, 0.3) is 5.91 Å². The Balaban J connectivity index is 2.04. The number of pyridine rings is 1. The Labute approximate surface area is 124 Å². The van der Waals surface area contributed by atoms with E-state index in [4.69, 9.17) is 0 Å². The fourth-order valence-corrected chi connectivity index (χ4v) is 2.46. The third kappa shape index (κ3) is 2.74. The molecular formula is C15H12F3N3O. The van der Waals surface area contributed by atoms with Crippen LogP contribution in [0.5, 0.6) is 0 Å². The average molecular weight is 307 g/mol. The van der Waals surface area contributed by atoms with Gasteiger partial charge in [-0.2, -0.15) is 13.2 Å². The monoisotopic (exact) mass is 307 g/mol. The number of nitrogens with one attached hydrogen (secondary N) is 1. The number of benzene rings is 1. The Hall–Kier alpha value is -2.57. The Morgan fingerprint density at radius 3 is 2.50 bits per heavy atom. The summed E-state index contributed by atoms with van der Waals surface area (Å²) in [6.07, 6.45) is -2.40. The lowest BCUT2D eigenvalue weighted by Gasteiger charge is -2.38. The highest BCUT2D eigenvalue weighted by Crippen LogP contribution is 2.34. The van der Waals surface area contributed by atoms with Crippen LogP contribution in [0.2, 0.25) is 0 Å². The highest BCUT2D eigenvalue weighted by atomic mass is 19.4. The van der Waals surface area contributed by atoms with E-state index in [9.17, 15) is 18.0 Å². The first-order chi connectivity index (χ1) is 10.5. The number of halogens is 3. The van der Waals surface area contributed by atoms with Gasteiger partial charge in [-0.3, -0.25) is 9.78 Å². The number of carbonyl (C=O) groups excluding carboxylic acids is 1. The van der Waals surface area contributed by atoms with Crippen molar-refractivity contribution in [3.05, 3.63) is 59.9 Å². The molecule has 0 unspecified atom stereocenters. The molecule has 0 fully saturated rings. The van der Waals surface area contributed by atoms with Crippen LogP contribution in [0.1, 0.15) is 22.1 Å². The van der Waals surface area contributed by atoms with Crippen LogP contribution in [0.25, 0.3) is 0 Å². The predicted octanol–water partition coefficient (Wildman–Crippen LogP) is 3.21. The first kappa shape index (κ1) is 14.4. The number of carbonyl (C=O) groups is 1. The molecule has 22 heavy (non-hydrogen) atoms. The van der Waals surface area contributed by atoms with E-state index in [-0.39, 0.29) is 5.56 Å². The van der Waals surface area contributed by atoms with Gasteiger partial charge in [0.05, 0.1) is 5.56 Å². The standard InChI is InChI=1S/C15H12F3N3O/c16-15(17,18)9-21-13(10-5-7-19-8-6-10)20-12-4-2-1-3-11(12)14(21)22/h1-8,13,20H,9H2/t13-/m0/s1. The highest BCUT2D eigenvalue weighted by molar-refractivity contribution is 6.01. The van der Waals surface area contributed by atoms with Gasteiger partial charge in [0, 0.05) is 18.1 Å². The van der Waals surface area contributed by atoms with Crippen molar-refractivity contribution < 1.29 is 18.0 Å². The summed E-state index contributed by atoms with van der Waals surface area (Å²) in [5.74, 6) is -0.645. The molecule has 0 spiro atoms. The zero-order valence-corrected chi connectivity index (χ0v) is 11.3. The summed E-state index contributed by atoms with van der Waals surface area (Å²) < 4.78 is 38.5. The van der Waals surface area contributed by atoms with E-state index in [0.29, 0.717) is 11.3 Å². The number of rotatable bonds is 2. The quantitative estimate of drug-likeness (QED) is 0.926. The smallest absolute Gasteiger partial charge is 0.361 e. The maximum Gasteiger partial charge on any atom is 0.406 e. The van der Waals surface area contributed by atoms with Crippen LogP contribution in [-0.4, -0.2) is 28.5 Å². The fraction of sp³-hybridized carbons (Fsp3) is 0.200. The Morgan fingerprint density at radius 2 is 1.82 bits per heavy atom. The van der Waals surface area contributed by atoms with Gasteiger partial charge in [-0.25, -0.2) is 0 Å². The summed E-state index contributed by atoms with van der Waals surface area (Å²) in [5.41, 5.74) is 1.30. The lowest BCUT2D eigenvalue weighted by molar-refractivity contribution is -0.144. The number of hydrogen-bond acceptors (Lipinski definition) is 3. The largest absolute Gasteiger partial charge is 0.406 e. The molecule has 2 aromatic rings. The van der Waals surface area contributed by atoms with Crippen molar-refractivity contribution >= 4 is 11.6 Å². The first-order valence-corrected chi connectivity index (χ1v) is 6.59. The van der Waals surface area contributed by atoms with Gasteiger partial charge < -0.3 is 10.2 Å². The van der Waals surface area contributed by atoms with E-state index in [1.165, 1.54) is 18.5 Å². The minimum absolute atomic E-state index is 0.233. The number of fused-ring (bicyclic) bond motifs is 1. The van der Waals surface area contributed by atoms with Crippen LogP contribution in [0, 0.1) is 0 Å². The third-order valence-electron chi connectivity index (χ3n) is 3.39. The second-order valence-electron chi connectivity index (χ2n) is 4.92. The van der Waals surface area contributed by atoms with Crippen molar-refractivity contribution in [1.82, 2.24) is 9.88 Å². The Morgan fingerprint density at radius 1 is 1.14 bits per heavy atom. The molecule has 0 saturated heterocycles. The van der Waals surface area contributed by atoms with E-state index in [2.05, 4.69) is 10.3 Å². The number of aromatic nitrogens is 1. The van der Waals surface area contributed by atoms with Gasteiger partial charge in [0.1, 0.15) is 12.7 Å². The molecule has 0 bridgehead atoms. The minimum Gasteiger partial charge on any atom is -0.361 e. The van der Waals surface area contributed by atoms with Crippen molar-refractivity contribution in [2.45, 2.75) is 12.3 Å². The van der Waals surface area contributed by atoms with Gasteiger partial charge in [-0.1, -0.05) is 12.1 Å². The summed E-state index contributed by atoms with van der Waals surface area (Å²) >= 11 is 0. The van der Waals surface area contributed by atoms with Crippen molar-refractivity contribution in [3.8, 4) is 0 Å². The van der Waals surface area contributed by atoms with Crippen LogP contribution in [0.4, 0.5) is 18.9 Å². The molecule has 114 valence electrons. The molecular weight excluding hydrogens is 295 g/mol. The van der Waals surface area contributed by atoms with E-state index < -0.39 is 24.8 Å². The van der Waals surface area contributed by atoms with Crippen LogP contribution < -0.4 is 5.32 Å². The Kier molecular flexibility index (Phi) is 3.48. The summed E-state index contributed by atoms with van der Waals surface area (Å²) in [7, 11) is 0. The molecule has 4 nitrogen and oxygen atoms in total. The second-order valence-corrected chi connectivity index (χ2v) is 4.92. The van der Waals surface area contributed by atoms with Crippen LogP contribution in [0.15, 0.2) is 48.8 Å². The zero-order chi connectivity index (χ0) is 15.7. The van der Waals surface area contributed by atoms with E-state index in [1.54, 1.807) is 30.3 Å². The van der Waals surface area contributed by atoms with E-state index in [0.717, 1.165) is 4.90 Å². The van der Waals surface area contributed by atoms with E-state index in [1.807, 2.05) is 0 Å². The first-order valence-electron chi connectivity index (χ1n) is 6.59. The van der Waals surface area contributed by atoms with Gasteiger partial charge in [-0.05, 0) is 29.8 Å². The molecule has 7 heteroatoms. The van der Waals surface area contributed by atoms with Crippen LogP contribution in [0.3, 0.4) is 0 Å². The summed E-state index contributed by atoms with van der Waals surface area (Å²) in [5, 5.41) is 2.99. The zero-order valence-electron chi connectivity index (χ0n) is 11.3. The number of nitrogens with zero attached hydrogens (tertiary/aromatic N) is 2. The molecule has 1 atom stereocenters. The van der Waals surface area contributed by atoms with Gasteiger partial charge in [0.2, 0.25) is 0 Å². The molecule has 1 N–H and O–H groups in total. The topological polar surface area (TPSA) is 45.2 Å². The lowest BCUT2D eigenvalue weighted by Crippen LogP contribution is -2.47. The molecule has 3 rings (SSSR count). The Bertz CT molecular complexity index is 688. The molecule has 0 radical (unpaired) electrons. The SMILES string of the molecule is O=C1c2ccccc2N[C@H](c2ccncc2)N1CC(F)(F)F. The minimum atomic E-state index is -4.48. The number of amides is 1. The highest BCUT2D eigenvalue weighted by Gasteiger charge is 2.40. The van der Waals surface area contributed by atoms with Crippen molar-refractivity contribution in [2.75, 3.05) is 11.9 Å². The second kappa shape index (κ2) is 5.32. The normalized spacial score (nSPS) is 17.9. The summed E-state index contributed by atoms with van der Waals surface area (Å²) in [6.45, 7) is -1.32. The molecule has 1 aliphatic rings. The number of alkyl halides is 3. The third-order valence-corrected chi connectivity index (χ3v) is 3.39. The summed E-state index contributed by atoms with van der Waals surface area (Å²) in [4.78, 5) is 17.1. The maximum absolute atomic E-state index is 12.8. The molecule has 1 aromatic carbocycles. The molecule has 1 amide bonds. The van der Waals surface area contributed by atoms with Crippen LogP contribution in [-0.2, 0) is 0 Å². The van der Waals surface area contributed by atoms with Crippen molar-refractivity contribution in [1.29, 1.82) is 0 Å². The average Bonchev–Trinajstić information content (AvgIpc) is 2.50. The van der Waals surface area contributed by atoms with Crippen LogP contribution >= 0.6 is 0 Å². The number of hydrogen-bond donors (Lipinski definition) is 1. The molecule has 1 aromatic heterocycles. The predicted molar refractivity (Wildman–Crippen MR) is 74.1 cm³/mol. The van der Waals surface area contributed by atoms with E-state index >= 15 is 0 Å². The van der Waals surface area contributed by atoms with Gasteiger partial charge in [0.15, 0.2) is 0 Å². The maximum atomic E-state index is 12.8. The molecule has 0 saturated carbocycles. The molecule has 1 aliphatic heterocycles. The summed E-state index contributed by atoms with van der Waals surface area (Å²) in [6, 6.07) is 9.70. The molecule has 2 heterocycles.